The fraction of sp³-hybridized carbons (Fsp3) is 0.263. The Morgan fingerprint density at radius 2 is 2.12 bits per heavy atom. The summed E-state index contributed by atoms with van der Waals surface area (Å²) in [5.41, 5.74) is 3.52. The summed E-state index contributed by atoms with van der Waals surface area (Å²) in [5.74, 6) is 0. The molecule has 0 bridgehead atoms. The summed E-state index contributed by atoms with van der Waals surface area (Å²) in [7, 11) is 0. The van der Waals surface area contributed by atoms with Gasteiger partial charge in [-0.2, -0.15) is 0 Å². The smallest absolute Gasteiger partial charge is 0.133 e. The zero-order valence-electron chi connectivity index (χ0n) is 13.9. The van der Waals surface area contributed by atoms with Crippen molar-refractivity contribution in [1.29, 1.82) is 0 Å². The number of hydrogen-bond donors (Lipinski definition) is 1. The van der Waals surface area contributed by atoms with Crippen LogP contribution in [0.4, 0.5) is 0 Å². The zero-order valence-corrected chi connectivity index (χ0v) is 16.3. The van der Waals surface area contributed by atoms with E-state index in [0.717, 1.165) is 36.3 Å². The molecule has 0 saturated heterocycles. The maximum Gasteiger partial charge on any atom is 0.133 e. The van der Waals surface area contributed by atoms with Gasteiger partial charge in [0.1, 0.15) is 10.5 Å². The number of nitrogens with zero attached hydrogens (tertiary/aromatic N) is 2. The molecule has 0 saturated carbocycles. The van der Waals surface area contributed by atoms with Crippen LogP contribution in [0, 0.1) is 0 Å². The van der Waals surface area contributed by atoms with Crippen LogP contribution >= 0.6 is 35.1 Å². The molecule has 25 heavy (non-hydrogen) atoms. The first kappa shape index (κ1) is 17.0. The van der Waals surface area contributed by atoms with Crippen LogP contribution in [0.3, 0.4) is 0 Å². The fourth-order valence-corrected chi connectivity index (χ4v) is 4.69. The molecule has 1 aliphatic carbocycles. The quantitative estimate of drug-likeness (QED) is 0.842. The van der Waals surface area contributed by atoms with Gasteiger partial charge in [0.15, 0.2) is 0 Å². The van der Waals surface area contributed by atoms with Crippen molar-refractivity contribution in [1.82, 2.24) is 9.97 Å². The molecule has 0 unspecified atom stereocenters. The summed E-state index contributed by atoms with van der Waals surface area (Å²) in [4.78, 5) is 15.3. The highest BCUT2D eigenvalue weighted by Crippen LogP contribution is 2.35. The van der Waals surface area contributed by atoms with Gasteiger partial charge in [-0.15, -0.1) is 11.8 Å². The molecule has 2 aromatic rings. The maximum absolute atomic E-state index is 5.97. The molecule has 3 nitrogen and oxygen atoms in total. The minimum atomic E-state index is 0.659. The Morgan fingerprint density at radius 3 is 2.84 bits per heavy atom. The lowest BCUT2D eigenvalue weighted by molar-refractivity contribution is 0.930. The van der Waals surface area contributed by atoms with Crippen molar-refractivity contribution in [2.24, 2.45) is 4.99 Å². The second-order valence-corrected chi connectivity index (χ2v) is 8.31. The average molecular weight is 388 g/mol. The zero-order chi connectivity index (χ0) is 17.2. The normalized spacial score (nSPS) is 16.4. The number of nitrogens with one attached hydrogen (secondary N) is 1. The number of hydrogen-bond acceptors (Lipinski definition) is 4. The molecule has 0 spiro atoms. The number of H-pyrrole nitrogens is 1. The summed E-state index contributed by atoms with van der Waals surface area (Å²) in [5, 5.41) is 2.82. The molecule has 2 aliphatic rings. The summed E-state index contributed by atoms with van der Waals surface area (Å²) in [6, 6.07) is 3.86. The number of pyridine rings is 1. The molecule has 1 N–H and O–H groups in total. The molecule has 3 heterocycles. The number of thioether (sulfide) groups is 1. The van der Waals surface area contributed by atoms with Crippen LogP contribution < -0.4 is 10.7 Å². The number of halogens is 1. The first-order valence-electron chi connectivity index (χ1n) is 8.25. The fourth-order valence-electron chi connectivity index (χ4n) is 3.04. The number of rotatable bonds is 4. The van der Waals surface area contributed by atoms with Gasteiger partial charge in [0, 0.05) is 22.9 Å². The molecule has 128 valence electrons. The molecule has 0 atom stereocenters. The molecule has 2 aromatic heterocycles. The van der Waals surface area contributed by atoms with E-state index >= 15 is 0 Å². The third-order valence-corrected chi connectivity index (χ3v) is 6.49. The van der Waals surface area contributed by atoms with E-state index in [9.17, 15) is 0 Å². The van der Waals surface area contributed by atoms with Crippen LogP contribution in [0.1, 0.15) is 25.0 Å². The minimum absolute atomic E-state index is 0.659. The number of aromatic nitrogens is 2. The Labute approximate surface area is 160 Å². The predicted octanol–water partition coefficient (Wildman–Crippen LogP) is 4.44. The van der Waals surface area contributed by atoms with E-state index in [1.807, 2.05) is 23.9 Å². The first-order chi connectivity index (χ1) is 12.2. The van der Waals surface area contributed by atoms with E-state index in [-0.39, 0.29) is 0 Å². The van der Waals surface area contributed by atoms with Crippen LogP contribution in [-0.4, -0.2) is 22.8 Å². The van der Waals surface area contributed by atoms with Crippen molar-refractivity contribution in [2.75, 3.05) is 12.8 Å². The monoisotopic (exact) mass is 387 g/mol. The molecule has 0 amide bonds. The highest BCUT2D eigenvalue weighted by atomic mass is 35.5. The van der Waals surface area contributed by atoms with Crippen LogP contribution in [-0.2, 0) is 0 Å². The molecule has 0 radical (unpaired) electrons. The number of fused-ring (bicyclic) bond motifs is 1. The van der Waals surface area contributed by atoms with Crippen LogP contribution in [0.15, 0.2) is 50.3 Å². The van der Waals surface area contributed by atoms with Crippen molar-refractivity contribution in [2.45, 2.75) is 29.2 Å². The molecule has 0 aromatic carbocycles. The van der Waals surface area contributed by atoms with Gasteiger partial charge in [-0.3, -0.25) is 4.99 Å². The lowest BCUT2D eigenvalue weighted by Gasteiger charge is -2.13. The van der Waals surface area contributed by atoms with E-state index in [1.165, 1.54) is 26.3 Å². The Morgan fingerprint density at radius 1 is 1.20 bits per heavy atom. The Kier molecular flexibility index (Phi) is 5.06. The van der Waals surface area contributed by atoms with Crippen molar-refractivity contribution < 1.29 is 0 Å². The van der Waals surface area contributed by atoms with Crippen molar-refractivity contribution in [3.8, 4) is 0 Å². The second-order valence-electron chi connectivity index (χ2n) is 5.91. The first-order valence-corrected chi connectivity index (χ1v) is 10.7. The van der Waals surface area contributed by atoms with Crippen molar-refractivity contribution in [3.63, 3.8) is 0 Å². The summed E-state index contributed by atoms with van der Waals surface area (Å²) in [6.07, 6.45) is 13.7. The highest BCUT2D eigenvalue weighted by molar-refractivity contribution is 8.02. The lowest BCUT2D eigenvalue weighted by Crippen LogP contribution is -2.27. The lowest BCUT2D eigenvalue weighted by atomic mass is 10.0. The molecule has 1 aliphatic heterocycles. The number of aromatic amines is 1. The number of allylic oxidation sites excluding steroid dienone is 4. The van der Waals surface area contributed by atoms with Gasteiger partial charge in [0.25, 0.3) is 0 Å². The third-order valence-electron chi connectivity index (χ3n) is 4.32. The Hall–Kier alpha value is -1.43. The van der Waals surface area contributed by atoms with Crippen LogP contribution in [0.25, 0.3) is 11.6 Å². The van der Waals surface area contributed by atoms with E-state index < -0.39 is 0 Å². The van der Waals surface area contributed by atoms with Crippen LogP contribution in [0.2, 0.25) is 5.02 Å². The second kappa shape index (κ2) is 7.44. The molecule has 6 heteroatoms. The van der Waals surface area contributed by atoms with Gasteiger partial charge in [-0.05, 0) is 48.1 Å². The standard InChI is InChI=1S/C19H18ClN3S2/c1-24-14-7-4-12(5-8-14)17-18(15-3-2-10-21-19(15)23-17)25-16-9-6-13(20)11-22-16/h3-4,6-7,9,11H,2,5,8,10H2,1H3,(H,21,23). The largest absolute Gasteiger partial charge is 0.339 e. The van der Waals surface area contributed by atoms with Gasteiger partial charge in [-0.1, -0.05) is 41.6 Å². The molecular formula is C19H18ClN3S2. The molecular weight excluding hydrogens is 370 g/mol. The van der Waals surface area contributed by atoms with Gasteiger partial charge in [-0.25, -0.2) is 4.98 Å². The van der Waals surface area contributed by atoms with Crippen molar-refractivity contribution in [3.05, 3.63) is 56.8 Å². The summed E-state index contributed by atoms with van der Waals surface area (Å²) < 4.78 is 0. The van der Waals surface area contributed by atoms with Crippen LogP contribution in [0.5, 0.6) is 0 Å². The summed E-state index contributed by atoms with van der Waals surface area (Å²) >= 11 is 9.49. The molecule has 4 rings (SSSR count). The van der Waals surface area contributed by atoms with Gasteiger partial charge in [0.05, 0.1) is 10.7 Å². The van der Waals surface area contributed by atoms with E-state index in [1.54, 1.807) is 18.0 Å². The van der Waals surface area contributed by atoms with E-state index in [4.69, 9.17) is 11.6 Å². The third kappa shape index (κ3) is 3.59. The Bertz CT molecular complexity index is 971. The molecule has 0 fully saturated rings. The van der Waals surface area contributed by atoms with Gasteiger partial charge >= 0.3 is 0 Å². The maximum atomic E-state index is 5.97. The average Bonchev–Trinajstić information content (AvgIpc) is 3.02. The van der Waals surface area contributed by atoms with Gasteiger partial charge in [0.2, 0.25) is 0 Å². The topological polar surface area (TPSA) is 41.0 Å². The Balaban J connectivity index is 1.80. The van der Waals surface area contributed by atoms with E-state index in [2.05, 4.69) is 39.4 Å². The SMILES string of the molecule is CSC1=CC=C(c2[nH]c3c(c2Sc2ccc(Cl)cn2)=CCCN=3)CC1. The summed E-state index contributed by atoms with van der Waals surface area (Å²) in [6.45, 7) is 0.853. The van der Waals surface area contributed by atoms with Crippen molar-refractivity contribution >= 4 is 46.8 Å². The minimum Gasteiger partial charge on any atom is -0.339 e. The van der Waals surface area contributed by atoms with E-state index in [0.29, 0.717) is 5.02 Å². The highest BCUT2D eigenvalue weighted by Gasteiger charge is 2.18. The predicted molar refractivity (Wildman–Crippen MR) is 108 cm³/mol. The van der Waals surface area contributed by atoms with Gasteiger partial charge < -0.3 is 4.98 Å².